The first-order chi connectivity index (χ1) is 9.71. The summed E-state index contributed by atoms with van der Waals surface area (Å²) in [5.41, 5.74) is 0.866. The summed E-state index contributed by atoms with van der Waals surface area (Å²) in [5.74, 6) is -0.412. The van der Waals surface area contributed by atoms with Crippen LogP contribution in [0.4, 0.5) is 4.39 Å². The lowest BCUT2D eigenvalue weighted by Crippen LogP contribution is -2.40. The molecule has 1 N–H and O–H groups in total. The molecule has 0 aliphatic rings. The van der Waals surface area contributed by atoms with Crippen molar-refractivity contribution in [2.24, 2.45) is 0 Å². The van der Waals surface area contributed by atoms with Crippen LogP contribution in [0.3, 0.4) is 0 Å². The zero-order chi connectivity index (χ0) is 16.3. The van der Waals surface area contributed by atoms with Crippen LogP contribution in [-0.2, 0) is 10.0 Å². The van der Waals surface area contributed by atoms with Gasteiger partial charge in [0.1, 0.15) is 5.82 Å². The van der Waals surface area contributed by atoms with E-state index in [0.29, 0.717) is 17.7 Å². The minimum Gasteiger partial charge on any atom is -0.210 e. The van der Waals surface area contributed by atoms with Gasteiger partial charge in [0, 0.05) is 11.3 Å². The van der Waals surface area contributed by atoms with E-state index in [1.54, 1.807) is 25.6 Å². The van der Waals surface area contributed by atoms with Crippen molar-refractivity contribution in [3.05, 3.63) is 29.1 Å². The molecule has 0 heterocycles. The highest BCUT2D eigenvalue weighted by atomic mass is 32.2. The summed E-state index contributed by atoms with van der Waals surface area (Å²) in [5, 5.41) is 0. The van der Waals surface area contributed by atoms with Crippen molar-refractivity contribution in [1.82, 2.24) is 4.72 Å². The zero-order valence-electron chi connectivity index (χ0n) is 13.3. The average molecular weight is 333 g/mol. The molecular weight excluding hydrogens is 309 g/mol. The van der Waals surface area contributed by atoms with Gasteiger partial charge >= 0.3 is 0 Å². The molecule has 0 unspecified atom stereocenters. The molecule has 1 aromatic carbocycles. The second-order valence-corrected chi connectivity index (χ2v) is 8.27. The molecule has 0 atom stereocenters. The van der Waals surface area contributed by atoms with Crippen molar-refractivity contribution >= 4 is 21.8 Å². The molecule has 1 rings (SSSR count). The summed E-state index contributed by atoms with van der Waals surface area (Å²) in [4.78, 5) is 0.186. The van der Waals surface area contributed by atoms with Gasteiger partial charge in [-0.2, -0.15) is 11.8 Å². The van der Waals surface area contributed by atoms with Gasteiger partial charge in [-0.05, 0) is 56.2 Å². The molecule has 0 aliphatic carbocycles. The van der Waals surface area contributed by atoms with Crippen LogP contribution in [-0.4, -0.2) is 26.0 Å². The van der Waals surface area contributed by atoms with Crippen molar-refractivity contribution in [2.75, 3.05) is 12.8 Å². The number of nitrogens with one attached hydrogen (secondary N) is 1. The largest absolute Gasteiger partial charge is 0.241 e. The standard InChI is InChI=1S/C15H24FNO2S2/c1-6-15(7-2,20-5)10-17-21(18,19)14-11(3)8-13(16)9-12(14)4/h8-9,17H,6-7,10H2,1-5H3. The molecule has 3 nitrogen and oxygen atoms in total. The fourth-order valence-corrected chi connectivity index (χ4v) is 4.94. The summed E-state index contributed by atoms with van der Waals surface area (Å²) < 4.78 is 41.0. The molecule has 0 saturated carbocycles. The molecule has 0 aromatic heterocycles. The SMILES string of the molecule is CCC(CC)(CNS(=O)(=O)c1c(C)cc(F)cc1C)SC. The highest BCUT2D eigenvalue weighted by Gasteiger charge is 2.28. The Morgan fingerprint density at radius 2 is 1.67 bits per heavy atom. The van der Waals surface area contributed by atoms with Crippen molar-refractivity contribution < 1.29 is 12.8 Å². The number of thioether (sulfide) groups is 1. The minimum absolute atomic E-state index is 0.102. The van der Waals surface area contributed by atoms with E-state index in [1.807, 2.05) is 6.26 Å². The Morgan fingerprint density at radius 3 is 2.05 bits per heavy atom. The van der Waals surface area contributed by atoms with Gasteiger partial charge in [0.05, 0.1) is 4.90 Å². The fourth-order valence-electron chi connectivity index (χ4n) is 2.48. The number of rotatable bonds is 7. The Hall–Kier alpha value is -0.590. The van der Waals surface area contributed by atoms with E-state index < -0.39 is 15.8 Å². The highest BCUT2D eigenvalue weighted by Crippen LogP contribution is 2.30. The molecule has 0 spiro atoms. The van der Waals surface area contributed by atoms with Crippen molar-refractivity contribution in [2.45, 2.75) is 50.2 Å². The third-order valence-electron chi connectivity index (χ3n) is 4.00. The van der Waals surface area contributed by atoms with E-state index in [-0.39, 0.29) is 9.64 Å². The van der Waals surface area contributed by atoms with Gasteiger partial charge in [0.25, 0.3) is 0 Å². The first-order valence-corrected chi connectivity index (χ1v) is 9.73. The smallest absolute Gasteiger partial charge is 0.210 e. The van der Waals surface area contributed by atoms with Crippen molar-refractivity contribution in [3.8, 4) is 0 Å². The maximum Gasteiger partial charge on any atom is 0.241 e. The topological polar surface area (TPSA) is 46.2 Å². The number of benzene rings is 1. The molecule has 21 heavy (non-hydrogen) atoms. The van der Waals surface area contributed by atoms with Crippen LogP contribution in [0.1, 0.15) is 37.8 Å². The molecule has 0 bridgehead atoms. The Bertz CT molecular complexity index is 564. The molecule has 120 valence electrons. The lowest BCUT2D eigenvalue weighted by molar-refractivity contribution is 0.521. The lowest BCUT2D eigenvalue weighted by atomic mass is 10.0. The Morgan fingerprint density at radius 1 is 1.19 bits per heavy atom. The summed E-state index contributed by atoms with van der Waals surface area (Å²) in [6.45, 7) is 7.73. The summed E-state index contributed by atoms with van der Waals surface area (Å²) in [7, 11) is -3.63. The van der Waals surface area contributed by atoms with E-state index in [2.05, 4.69) is 18.6 Å². The van der Waals surface area contributed by atoms with E-state index in [9.17, 15) is 12.8 Å². The van der Waals surface area contributed by atoms with Gasteiger partial charge in [0.15, 0.2) is 0 Å². The molecule has 0 fully saturated rings. The second kappa shape index (κ2) is 7.11. The minimum atomic E-state index is -3.63. The predicted molar refractivity (Wildman–Crippen MR) is 87.9 cm³/mol. The molecular formula is C15H24FNO2S2. The zero-order valence-corrected chi connectivity index (χ0v) is 14.9. The maximum absolute atomic E-state index is 13.3. The molecule has 0 amide bonds. The lowest BCUT2D eigenvalue weighted by Gasteiger charge is -2.30. The van der Waals surface area contributed by atoms with Crippen LogP contribution in [0.25, 0.3) is 0 Å². The average Bonchev–Trinajstić information content (AvgIpc) is 2.39. The summed E-state index contributed by atoms with van der Waals surface area (Å²) >= 11 is 1.68. The van der Waals surface area contributed by atoms with E-state index >= 15 is 0 Å². The van der Waals surface area contributed by atoms with Crippen LogP contribution in [0.5, 0.6) is 0 Å². The van der Waals surface area contributed by atoms with Gasteiger partial charge in [-0.15, -0.1) is 0 Å². The normalized spacial score (nSPS) is 12.7. The second-order valence-electron chi connectivity index (χ2n) is 5.29. The number of aryl methyl sites for hydroxylation is 2. The quantitative estimate of drug-likeness (QED) is 0.828. The third kappa shape index (κ3) is 4.20. The van der Waals surface area contributed by atoms with Crippen LogP contribution in [0.2, 0.25) is 0 Å². The van der Waals surface area contributed by atoms with E-state index in [0.717, 1.165) is 12.8 Å². The fraction of sp³-hybridized carbons (Fsp3) is 0.600. The molecule has 6 heteroatoms. The predicted octanol–water partition coefficient (Wildman–Crippen LogP) is 3.64. The number of hydrogen-bond donors (Lipinski definition) is 1. The van der Waals surface area contributed by atoms with Gasteiger partial charge in [-0.25, -0.2) is 17.5 Å². The van der Waals surface area contributed by atoms with Crippen LogP contribution >= 0.6 is 11.8 Å². The van der Waals surface area contributed by atoms with Crippen LogP contribution < -0.4 is 4.72 Å². The number of halogens is 1. The number of sulfonamides is 1. The third-order valence-corrected chi connectivity index (χ3v) is 7.29. The van der Waals surface area contributed by atoms with Crippen molar-refractivity contribution in [1.29, 1.82) is 0 Å². The van der Waals surface area contributed by atoms with Gasteiger partial charge in [-0.3, -0.25) is 0 Å². The van der Waals surface area contributed by atoms with Gasteiger partial charge in [-0.1, -0.05) is 13.8 Å². The maximum atomic E-state index is 13.3. The summed E-state index contributed by atoms with van der Waals surface area (Å²) in [6, 6.07) is 2.51. The highest BCUT2D eigenvalue weighted by molar-refractivity contribution is 8.00. The molecule has 0 aliphatic heterocycles. The first-order valence-electron chi connectivity index (χ1n) is 7.03. The van der Waals surface area contributed by atoms with Gasteiger partial charge in [0.2, 0.25) is 10.0 Å². The van der Waals surface area contributed by atoms with E-state index in [1.165, 1.54) is 12.1 Å². The monoisotopic (exact) mass is 333 g/mol. The number of hydrogen-bond acceptors (Lipinski definition) is 3. The summed E-state index contributed by atoms with van der Waals surface area (Å²) in [6.07, 6.45) is 3.76. The van der Waals surface area contributed by atoms with Gasteiger partial charge < -0.3 is 0 Å². The Balaban J connectivity index is 3.09. The van der Waals surface area contributed by atoms with Crippen molar-refractivity contribution in [3.63, 3.8) is 0 Å². The molecule has 1 aromatic rings. The Kier molecular flexibility index (Phi) is 6.25. The first kappa shape index (κ1) is 18.5. The molecule has 0 radical (unpaired) electrons. The van der Waals surface area contributed by atoms with Crippen LogP contribution in [0, 0.1) is 19.7 Å². The van der Waals surface area contributed by atoms with E-state index in [4.69, 9.17) is 0 Å². The van der Waals surface area contributed by atoms with Crippen LogP contribution in [0.15, 0.2) is 17.0 Å². The molecule has 0 saturated heterocycles. The Labute approximate surface area is 131 Å².